The zero-order chi connectivity index (χ0) is 34.9. The third kappa shape index (κ3) is 5.70. The van der Waals surface area contributed by atoms with Gasteiger partial charge in [0, 0.05) is 25.4 Å². The molecule has 5 fully saturated rings. The highest BCUT2D eigenvalue weighted by Gasteiger charge is 2.67. The lowest BCUT2D eigenvalue weighted by atomic mass is 9.45. The molecule has 0 unspecified atom stereocenters. The zero-order valence-electron chi connectivity index (χ0n) is 29.2. The lowest BCUT2D eigenvalue weighted by Gasteiger charge is -2.62. The van der Waals surface area contributed by atoms with Gasteiger partial charge in [0.05, 0.1) is 24.4 Å². The molecule has 2 heterocycles. The van der Waals surface area contributed by atoms with Crippen molar-refractivity contribution in [1.29, 1.82) is 0 Å². The molecule has 6 aliphatic rings. The van der Waals surface area contributed by atoms with E-state index >= 15 is 0 Å². The van der Waals surface area contributed by atoms with Gasteiger partial charge in [-0.05, 0) is 88.4 Å². The number of carbonyl (C=O) groups is 1. The topological polar surface area (TPSA) is 185 Å². The molecule has 3 saturated carbocycles. The Morgan fingerprint density at radius 2 is 1.71 bits per heavy atom. The molecule has 6 rings (SSSR count). The van der Waals surface area contributed by atoms with E-state index in [0.29, 0.717) is 12.3 Å². The van der Waals surface area contributed by atoms with Gasteiger partial charge in [0.2, 0.25) is 0 Å². The van der Waals surface area contributed by atoms with Crippen molar-refractivity contribution in [2.45, 2.75) is 159 Å². The van der Waals surface area contributed by atoms with Gasteiger partial charge < -0.3 is 54.3 Å². The van der Waals surface area contributed by atoms with E-state index in [2.05, 4.69) is 19.9 Å². The van der Waals surface area contributed by atoms with Crippen molar-refractivity contribution < 1.29 is 59.1 Å². The summed E-state index contributed by atoms with van der Waals surface area (Å²) in [5.74, 6) is 0.334. The highest BCUT2D eigenvalue weighted by atomic mass is 16.7. The molecule has 0 aromatic heterocycles. The van der Waals surface area contributed by atoms with E-state index in [1.807, 2.05) is 13.8 Å². The van der Waals surface area contributed by atoms with Crippen molar-refractivity contribution in [3.63, 3.8) is 0 Å². The summed E-state index contributed by atoms with van der Waals surface area (Å²) in [7, 11) is 1.48. The quantitative estimate of drug-likeness (QED) is 0.169. The first-order valence-corrected chi connectivity index (χ1v) is 18.0. The van der Waals surface area contributed by atoms with E-state index < -0.39 is 73.4 Å². The van der Waals surface area contributed by atoms with Gasteiger partial charge in [0.1, 0.15) is 48.8 Å². The highest BCUT2D eigenvalue weighted by Crippen LogP contribution is 2.69. The van der Waals surface area contributed by atoms with Crippen molar-refractivity contribution in [2.24, 2.45) is 34.5 Å². The van der Waals surface area contributed by atoms with E-state index in [1.165, 1.54) is 19.6 Å². The Kier molecular flexibility index (Phi) is 10.2. The van der Waals surface area contributed by atoms with Crippen LogP contribution in [0, 0.1) is 34.5 Å². The average molecular weight is 683 g/mol. The second-order valence-corrected chi connectivity index (χ2v) is 16.2. The number of aliphatic hydroxyl groups is 6. The molecule has 274 valence electrons. The van der Waals surface area contributed by atoms with Crippen LogP contribution in [-0.4, -0.2) is 123 Å². The van der Waals surface area contributed by atoms with E-state index in [4.69, 9.17) is 23.7 Å². The van der Waals surface area contributed by atoms with Crippen molar-refractivity contribution in [3.8, 4) is 0 Å². The van der Waals surface area contributed by atoms with Gasteiger partial charge >= 0.3 is 5.97 Å². The molecule has 6 N–H and O–H groups in total. The molecule has 48 heavy (non-hydrogen) atoms. The molecular weight excluding hydrogens is 624 g/mol. The first-order chi connectivity index (χ1) is 22.6. The fraction of sp³-hybridized carbons (Fsp3) is 0.917. The first-order valence-electron chi connectivity index (χ1n) is 18.0. The van der Waals surface area contributed by atoms with Crippen LogP contribution in [0.1, 0.15) is 86.0 Å². The predicted molar refractivity (Wildman–Crippen MR) is 171 cm³/mol. The summed E-state index contributed by atoms with van der Waals surface area (Å²) in [5, 5.41) is 64.7. The number of hydrogen-bond donors (Lipinski definition) is 6. The fourth-order valence-corrected chi connectivity index (χ4v) is 11.3. The van der Waals surface area contributed by atoms with Crippen LogP contribution in [0.15, 0.2) is 11.6 Å². The van der Waals surface area contributed by atoms with Crippen LogP contribution in [0.5, 0.6) is 0 Å². The number of ether oxygens (including phenoxy) is 5. The second kappa shape index (κ2) is 13.4. The molecule has 0 radical (unpaired) electrons. The van der Waals surface area contributed by atoms with Gasteiger partial charge in [-0.1, -0.05) is 25.5 Å². The summed E-state index contributed by atoms with van der Waals surface area (Å²) in [5.41, 5.74) is 0.154. The Hall–Kier alpha value is -1.19. The summed E-state index contributed by atoms with van der Waals surface area (Å²) in [6, 6.07) is 0. The summed E-state index contributed by atoms with van der Waals surface area (Å²) in [6.07, 6.45) is -2.11. The van der Waals surface area contributed by atoms with Crippen LogP contribution in [-0.2, 0) is 28.5 Å². The van der Waals surface area contributed by atoms with Gasteiger partial charge in [-0.2, -0.15) is 0 Å². The number of carbonyl (C=O) groups excluding carboxylic acids is 1. The number of hydrogen-bond acceptors (Lipinski definition) is 12. The number of methoxy groups -OCH3 is 1. The Morgan fingerprint density at radius 1 is 0.979 bits per heavy atom. The standard InChI is InChI=1S/C36H58O12/c1-17(45-19(3)38)22-11-14-36(43)24-8-7-21-15-20(9-12-34(21,4)23(24)10-13-35(22,36)5)31-29(42)32(44-6)30(18(2)46-31)48-33-28(41)27(40)26(39)25(16-37)47-33/h7,17-18,20,22-33,37,39-43H,8-16H2,1-6H3/t17-,18-,20+,22-,23+,24-,25-,26-,27+,28-,29+,30+,31+,32-,33+,34+,35-,36+/m1/s1. The van der Waals surface area contributed by atoms with Crippen LogP contribution >= 0.6 is 0 Å². The minimum Gasteiger partial charge on any atom is -0.463 e. The molecule has 4 aliphatic carbocycles. The Labute approximate surface area is 283 Å². The molecule has 2 saturated heterocycles. The van der Waals surface area contributed by atoms with Crippen molar-refractivity contribution in [3.05, 3.63) is 11.6 Å². The van der Waals surface area contributed by atoms with Crippen LogP contribution < -0.4 is 0 Å². The summed E-state index contributed by atoms with van der Waals surface area (Å²) in [6.45, 7) is 9.22. The van der Waals surface area contributed by atoms with Gasteiger partial charge in [-0.3, -0.25) is 4.79 Å². The van der Waals surface area contributed by atoms with E-state index in [-0.39, 0.29) is 40.7 Å². The maximum Gasteiger partial charge on any atom is 0.302 e. The monoisotopic (exact) mass is 682 g/mol. The zero-order valence-corrected chi connectivity index (χ0v) is 29.2. The summed E-state index contributed by atoms with van der Waals surface area (Å²) >= 11 is 0. The molecule has 0 aromatic rings. The predicted octanol–water partition coefficient (Wildman–Crippen LogP) is 1.60. The van der Waals surface area contributed by atoms with Crippen LogP contribution in [0.3, 0.4) is 0 Å². The highest BCUT2D eigenvalue weighted by molar-refractivity contribution is 5.66. The van der Waals surface area contributed by atoms with Crippen molar-refractivity contribution in [1.82, 2.24) is 0 Å². The third-order valence-corrected chi connectivity index (χ3v) is 14.0. The molecule has 2 aliphatic heterocycles. The minimum absolute atomic E-state index is 0.0292. The van der Waals surface area contributed by atoms with Crippen molar-refractivity contribution in [2.75, 3.05) is 13.7 Å². The normalized spacial score (nSPS) is 52.8. The minimum atomic E-state index is -1.59. The molecule has 0 bridgehead atoms. The molecule has 0 amide bonds. The van der Waals surface area contributed by atoms with E-state index in [1.54, 1.807) is 0 Å². The smallest absolute Gasteiger partial charge is 0.302 e. The summed E-state index contributed by atoms with van der Waals surface area (Å²) < 4.78 is 29.5. The van der Waals surface area contributed by atoms with Crippen LogP contribution in [0.4, 0.5) is 0 Å². The SMILES string of the molecule is CO[C@@H]1[C@@H](O)[C@H]([C@H]2CC[C@@]3(C)C(=CC[C@@H]4[C@@H]3CC[C@]3(C)[C@@H]([C@@H](C)OC(C)=O)CC[C@]43O)C2)O[C@H](C)[C@@H]1O[C@@H]1O[C@H](CO)[C@@H](O)[C@H](O)[C@H]1O. The Bertz CT molecular complexity index is 1210. The second-order valence-electron chi connectivity index (χ2n) is 16.2. The Morgan fingerprint density at radius 3 is 2.38 bits per heavy atom. The van der Waals surface area contributed by atoms with Crippen LogP contribution in [0.25, 0.3) is 0 Å². The number of aliphatic hydroxyl groups excluding tert-OH is 5. The number of fused-ring (bicyclic) bond motifs is 5. The van der Waals surface area contributed by atoms with Gasteiger partial charge in [0.15, 0.2) is 6.29 Å². The average Bonchev–Trinajstić information content (AvgIpc) is 3.33. The molecule has 18 atom stereocenters. The van der Waals surface area contributed by atoms with Gasteiger partial charge in [-0.25, -0.2) is 0 Å². The van der Waals surface area contributed by atoms with Gasteiger partial charge in [-0.15, -0.1) is 0 Å². The van der Waals surface area contributed by atoms with Gasteiger partial charge in [0.25, 0.3) is 0 Å². The van der Waals surface area contributed by atoms with Crippen molar-refractivity contribution >= 4 is 5.97 Å². The molecule has 12 heteroatoms. The lowest BCUT2D eigenvalue weighted by Crippen LogP contribution is -2.65. The number of rotatable bonds is 7. The lowest BCUT2D eigenvalue weighted by molar-refractivity contribution is -0.343. The summed E-state index contributed by atoms with van der Waals surface area (Å²) in [4.78, 5) is 11.8. The molecular formula is C36H58O12. The van der Waals surface area contributed by atoms with E-state index in [9.17, 15) is 35.4 Å². The fourth-order valence-electron chi connectivity index (χ4n) is 11.3. The van der Waals surface area contributed by atoms with E-state index in [0.717, 1.165) is 44.9 Å². The maximum atomic E-state index is 12.5. The maximum absolute atomic E-state index is 12.5. The molecule has 12 nitrogen and oxygen atoms in total. The number of esters is 1. The largest absolute Gasteiger partial charge is 0.463 e. The first kappa shape index (κ1) is 36.6. The molecule has 0 aromatic carbocycles. The Balaban J connectivity index is 1.16. The number of allylic oxidation sites excluding steroid dienone is 2. The third-order valence-electron chi connectivity index (χ3n) is 14.0. The molecule has 0 spiro atoms. The van der Waals surface area contributed by atoms with Crippen LogP contribution in [0.2, 0.25) is 0 Å².